The third-order valence-corrected chi connectivity index (χ3v) is 3.90. The molecule has 1 rings (SSSR count). The number of aldehydes is 1. The smallest absolute Gasteiger partial charge is 0.143 e. The zero-order valence-electron chi connectivity index (χ0n) is 10.2. The van der Waals surface area contributed by atoms with Crippen LogP contribution < -0.4 is 0 Å². The van der Waals surface area contributed by atoms with Crippen LogP contribution in [0.3, 0.4) is 0 Å². The molecule has 0 N–H and O–H groups in total. The van der Waals surface area contributed by atoms with E-state index in [-0.39, 0.29) is 5.41 Å². The van der Waals surface area contributed by atoms with E-state index in [0.717, 1.165) is 9.87 Å². The van der Waals surface area contributed by atoms with Crippen LogP contribution in [0, 0.1) is 5.41 Å². The number of rotatable bonds is 3. The van der Waals surface area contributed by atoms with Gasteiger partial charge in [-0.25, -0.2) is 0 Å². The van der Waals surface area contributed by atoms with Gasteiger partial charge in [-0.15, -0.1) is 0 Å². The second-order valence-corrected chi connectivity index (χ2v) is 6.20. The minimum Gasteiger partial charge on any atom is -0.299 e. The molecule has 0 aromatic carbocycles. The Morgan fingerprint density at radius 3 is 2.69 bits per heavy atom. The topological polar surface area (TPSA) is 17.1 Å². The lowest BCUT2D eigenvalue weighted by Crippen LogP contribution is -2.18. The Hall–Kier alpha value is -0.380. The molecule has 0 fully saturated rings. The summed E-state index contributed by atoms with van der Waals surface area (Å²) in [5, 5.41) is 0. The summed E-state index contributed by atoms with van der Waals surface area (Å²) in [6.45, 7) is 6.81. The van der Waals surface area contributed by atoms with Crippen molar-refractivity contribution in [2.24, 2.45) is 5.41 Å². The molecule has 0 heterocycles. The van der Waals surface area contributed by atoms with Crippen LogP contribution in [0.1, 0.15) is 40.0 Å². The predicted molar refractivity (Wildman–Crippen MR) is 77.6 cm³/mol. The van der Waals surface area contributed by atoms with Crippen molar-refractivity contribution in [3.63, 3.8) is 0 Å². The van der Waals surface area contributed by atoms with Crippen LogP contribution in [0.25, 0.3) is 0 Å². The molecular weight excluding hydrogens is 311 g/mol. The summed E-state index contributed by atoms with van der Waals surface area (Å²) in [4.78, 5) is 10.3. The maximum absolute atomic E-state index is 10.3. The Bertz CT molecular complexity index is 359. The number of carbonyl (C=O) groups excluding carboxylic acids is 1. The molecule has 88 valence electrons. The summed E-state index contributed by atoms with van der Waals surface area (Å²) in [7, 11) is 0. The quantitative estimate of drug-likeness (QED) is 0.320. The van der Waals surface area contributed by atoms with Crippen LogP contribution in [-0.4, -0.2) is 6.29 Å². The van der Waals surface area contributed by atoms with E-state index in [1.165, 1.54) is 30.4 Å². The fourth-order valence-electron chi connectivity index (χ4n) is 2.29. The highest BCUT2D eigenvalue weighted by atomic mass is 127. The molecule has 1 aliphatic rings. The fourth-order valence-corrected chi connectivity index (χ4v) is 2.62. The molecule has 0 atom stereocenters. The minimum absolute atomic E-state index is 0.275. The first kappa shape index (κ1) is 13.7. The molecule has 0 aliphatic heterocycles. The van der Waals surface area contributed by atoms with Crippen molar-refractivity contribution in [2.45, 2.75) is 40.0 Å². The van der Waals surface area contributed by atoms with Crippen LogP contribution >= 0.6 is 22.6 Å². The number of carbonyl (C=O) groups is 1. The normalized spacial score (nSPS) is 21.6. The van der Waals surface area contributed by atoms with E-state index in [4.69, 9.17) is 0 Å². The zero-order valence-corrected chi connectivity index (χ0v) is 12.4. The first-order valence-electron chi connectivity index (χ1n) is 5.66. The molecule has 16 heavy (non-hydrogen) atoms. The van der Waals surface area contributed by atoms with Gasteiger partial charge >= 0.3 is 0 Å². The van der Waals surface area contributed by atoms with Gasteiger partial charge in [0.2, 0.25) is 0 Å². The SMILES string of the molecule is CC1=C(/C=C/C(I)=C/C=O)C(C)(C)CCC1. The number of halogens is 1. The van der Waals surface area contributed by atoms with E-state index in [0.29, 0.717) is 0 Å². The van der Waals surface area contributed by atoms with Gasteiger partial charge in [0.25, 0.3) is 0 Å². The van der Waals surface area contributed by atoms with Crippen LogP contribution in [0.4, 0.5) is 0 Å². The lowest BCUT2D eigenvalue weighted by atomic mass is 9.73. The van der Waals surface area contributed by atoms with E-state index in [1.807, 2.05) is 6.08 Å². The Labute approximate surface area is 112 Å². The molecule has 0 bridgehead atoms. The van der Waals surface area contributed by atoms with Gasteiger partial charge in [-0.1, -0.05) is 25.5 Å². The molecule has 1 aliphatic carbocycles. The van der Waals surface area contributed by atoms with Gasteiger partial charge in [0.15, 0.2) is 0 Å². The van der Waals surface area contributed by atoms with Gasteiger partial charge in [-0.2, -0.15) is 0 Å². The molecule has 0 spiro atoms. The average molecular weight is 330 g/mol. The summed E-state index contributed by atoms with van der Waals surface area (Å²) in [6.07, 6.45) is 10.4. The number of hydrogen-bond acceptors (Lipinski definition) is 1. The first-order chi connectivity index (χ1) is 7.47. The predicted octanol–water partition coefficient (Wildman–Crippen LogP) is 4.59. The van der Waals surface area contributed by atoms with Crippen molar-refractivity contribution >= 4 is 28.9 Å². The molecule has 2 heteroatoms. The second-order valence-electron chi connectivity index (χ2n) is 4.95. The average Bonchev–Trinajstić information content (AvgIpc) is 2.16. The van der Waals surface area contributed by atoms with Crippen molar-refractivity contribution in [3.8, 4) is 0 Å². The van der Waals surface area contributed by atoms with Crippen LogP contribution in [0.5, 0.6) is 0 Å². The van der Waals surface area contributed by atoms with E-state index < -0.39 is 0 Å². The van der Waals surface area contributed by atoms with Gasteiger partial charge < -0.3 is 0 Å². The third-order valence-electron chi connectivity index (χ3n) is 3.18. The number of hydrogen-bond donors (Lipinski definition) is 0. The summed E-state index contributed by atoms with van der Waals surface area (Å²) in [5.74, 6) is 0. The number of allylic oxidation sites excluding steroid dienone is 6. The van der Waals surface area contributed by atoms with Crippen molar-refractivity contribution in [3.05, 3.63) is 33.0 Å². The maximum Gasteiger partial charge on any atom is 0.143 e. The fraction of sp³-hybridized carbons (Fsp3) is 0.500. The lowest BCUT2D eigenvalue weighted by molar-refractivity contribution is -0.104. The molecule has 0 saturated heterocycles. The van der Waals surface area contributed by atoms with Crippen LogP contribution in [0.2, 0.25) is 0 Å². The highest BCUT2D eigenvalue weighted by Crippen LogP contribution is 2.40. The van der Waals surface area contributed by atoms with Crippen LogP contribution in [-0.2, 0) is 4.79 Å². The van der Waals surface area contributed by atoms with E-state index in [9.17, 15) is 4.79 Å². The Balaban J connectivity index is 2.93. The standard InChI is InChI=1S/C14H19IO/c1-11-5-4-9-14(2,3)13(11)7-6-12(15)8-10-16/h6-8,10H,4-5,9H2,1-3H3/b7-6+,12-8-. The molecule has 0 unspecified atom stereocenters. The van der Waals surface area contributed by atoms with Crippen molar-refractivity contribution < 1.29 is 4.79 Å². The van der Waals surface area contributed by atoms with Crippen molar-refractivity contribution in [2.75, 3.05) is 0 Å². The largest absolute Gasteiger partial charge is 0.299 e. The van der Waals surface area contributed by atoms with E-state index >= 15 is 0 Å². The Morgan fingerprint density at radius 2 is 2.12 bits per heavy atom. The molecular formula is C14H19IO. The zero-order chi connectivity index (χ0) is 12.2. The molecule has 0 amide bonds. The Kier molecular flexibility index (Phi) is 4.96. The molecule has 0 radical (unpaired) electrons. The monoisotopic (exact) mass is 330 g/mol. The summed E-state index contributed by atoms with van der Waals surface area (Å²) >= 11 is 2.18. The van der Waals surface area contributed by atoms with Crippen molar-refractivity contribution in [1.82, 2.24) is 0 Å². The van der Waals surface area contributed by atoms with Gasteiger partial charge in [0, 0.05) is 3.58 Å². The van der Waals surface area contributed by atoms with Crippen LogP contribution in [0.15, 0.2) is 33.0 Å². The van der Waals surface area contributed by atoms with Gasteiger partial charge in [0.1, 0.15) is 6.29 Å². The highest BCUT2D eigenvalue weighted by molar-refractivity contribution is 14.1. The molecule has 0 aromatic heterocycles. The molecule has 0 saturated carbocycles. The van der Waals surface area contributed by atoms with Gasteiger partial charge in [-0.05, 0) is 71.9 Å². The highest BCUT2D eigenvalue weighted by Gasteiger charge is 2.26. The van der Waals surface area contributed by atoms with Crippen molar-refractivity contribution in [1.29, 1.82) is 0 Å². The summed E-state index contributed by atoms with van der Waals surface area (Å²) < 4.78 is 0.981. The summed E-state index contributed by atoms with van der Waals surface area (Å²) in [5.41, 5.74) is 3.20. The summed E-state index contributed by atoms with van der Waals surface area (Å²) in [6, 6.07) is 0. The molecule has 0 aromatic rings. The Morgan fingerprint density at radius 1 is 1.44 bits per heavy atom. The van der Waals surface area contributed by atoms with Gasteiger partial charge in [-0.3, -0.25) is 4.79 Å². The first-order valence-corrected chi connectivity index (χ1v) is 6.74. The third kappa shape index (κ3) is 3.58. The van der Waals surface area contributed by atoms with Gasteiger partial charge in [0.05, 0.1) is 0 Å². The van der Waals surface area contributed by atoms with E-state index in [1.54, 1.807) is 6.08 Å². The van der Waals surface area contributed by atoms with E-state index in [2.05, 4.69) is 49.4 Å². The maximum atomic E-state index is 10.3. The molecule has 1 nitrogen and oxygen atoms in total. The second kappa shape index (κ2) is 5.80. The lowest BCUT2D eigenvalue weighted by Gasteiger charge is -2.32. The minimum atomic E-state index is 0.275.